The van der Waals surface area contributed by atoms with Crippen molar-refractivity contribution in [3.8, 4) is 0 Å². The van der Waals surface area contributed by atoms with E-state index in [1.54, 1.807) is 0 Å². The van der Waals surface area contributed by atoms with E-state index in [4.69, 9.17) is 9.79 Å². The third kappa shape index (κ3) is 15.7. The Hall–Kier alpha value is 1.75. The van der Waals surface area contributed by atoms with Crippen LogP contribution < -0.4 is 0 Å². The maximum atomic E-state index is 9.50. The summed E-state index contributed by atoms with van der Waals surface area (Å²) >= 11 is 0.171. The first-order valence-electron chi connectivity index (χ1n) is 1.05. The Morgan fingerprint density at radius 2 is 1.62 bits per heavy atom. The van der Waals surface area contributed by atoms with Gasteiger partial charge in [0.25, 0.3) is 0 Å². The van der Waals surface area contributed by atoms with E-state index in [1.807, 2.05) is 0 Å². The Labute approximate surface area is 77.5 Å². The van der Waals surface area contributed by atoms with Crippen LogP contribution >= 0.6 is 7.82 Å². The summed E-state index contributed by atoms with van der Waals surface area (Å²) in [6, 6.07) is 0. The van der Waals surface area contributed by atoms with Crippen LogP contribution in [0.4, 0.5) is 0 Å². The first-order chi connectivity index (χ1) is 2.56. The smallest absolute Gasteiger partial charge is 0 e. The number of phosphoric acid groups is 1. The van der Waals surface area contributed by atoms with Crippen LogP contribution in [0.3, 0.4) is 0 Å². The molecule has 0 amide bonds. The molecule has 0 saturated carbocycles. The van der Waals surface area contributed by atoms with E-state index < -0.39 is 7.82 Å². The van der Waals surface area contributed by atoms with Crippen molar-refractivity contribution in [1.29, 1.82) is 0 Å². The SMILES string of the molecule is O=P(O)(O)[O][Zn].[Mn].[Ni]. The van der Waals surface area contributed by atoms with Crippen molar-refractivity contribution in [1.82, 2.24) is 0 Å². The molecule has 0 bridgehead atoms. The second kappa shape index (κ2) is 6.86. The first-order valence-corrected chi connectivity index (χ1v) is 3.80. The fraction of sp³-hybridized carbons (Fsp3) is 0. The quantitative estimate of drug-likeness (QED) is 0.503. The van der Waals surface area contributed by atoms with Crippen LogP contribution in [0.2, 0.25) is 0 Å². The summed E-state index contributed by atoms with van der Waals surface area (Å²) in [6.45, 7) is 0. The predicted octanol–water partition coefficient (Wildman–Crippen LogP) is -0.448. The van der Waals surface area contributed by atoms with E-state index in [0.717, 1.165) is 0 Å². The van der Waals surface area contributed by atoms with E-state index in [1.165, 1.54) is 0 Å². The topological polar surface area (TPSA) is 66.8 Å². The zero-order chi connectivity index (χ0) is 5.21. The molecule has 0 aliphatic rings. The van der Waals surface area contributed by atoms with Crippen molar-refractivity contribution < 1.29 is 69.9 Å². The Bertz CT molecular complexity index is 80.1. The molecule has 4 nitrogen and oxygen atoms in total. The zero-order valence-electron chi connectivity index (χ0n) is 3.56. The van der Waals surface area contributed by atoms with Gasteiger partial charge in [-0.3, -0.25) is 0 Å². The van der Waals surface area contributed by atoms with Gasteiger partial charge < -0.3 is 0 Å². The maximum Gasteiger partial charge on any atom is 0 e. The van der Waals surface area contributed by atoms with Gasteiger partial charge >= 0.3 is 44.2 Å². The van der Waals surface area contributed by atoms with E-state index in [2.05, 4.69) is 3.35 Å². The van der Waals surface area contributed by atoms with Crippen molar-refractivity contribution in [3.05, 3.63) is 0 Å². The summed E-state index contributed by atoms with van der Waals surface area (Å²) < 4.78 is 13.2. The Morgan fingerprint density at radius 3 is 1.62 bits per heavy atom. The Balaban J connectivity index is -0.000000125. The first kappa shape index (κ1) is 16.4. The molecule has 0 aliphatic heterocycles. The van der Waals surface area contributed by atoms with Gasteiger partial charge in [0.1, 0.15) is 0 Å². The summed E-state index contributed by atoms with van der Waals surface area (Å²) in [5.74, 6) is 0. The Kier molecular flexibility index (Phi) is 14.0. The molecular weight excluding hydrogens is 274 g/mol. The molecule has 0 fully saturated rings. The van der Waals surface area contributed by atoms with Crippen LogP contribution in [-0.4, -0.2) is 9.79 Å². The fourth-order valence-electron chi connectivity index (χ4n) is 0. The van der Waals surface area contributed by atoms with Crippen molar-refractivity contribution in [2.75, 3.05) is 0 Å². The molecular formula is H2MnNiO4PZn. The third-order valence-electron chi connectivity index (χ3n) is 0.168. The van der Waals surface area contributed by atoms with Crippen molar-refractivity contribution >= 4 is 7.82 Å². The average molecular weight is 276 g/mol. The van der Waals surface area contributed by atoms with Crippen LogP contribution in [0.15, 0.2) is 0 Å². The van der Waals surface area contributed by atoms with Gasteiger partial charge in [-0.1, -0.05) is 0 Å². The zero-order valence-corrected chi connectivity index (χ0v) is 9.59. The van der Waals surface area contributed by atoms with E-state index in [0.29, 0.717) is 0 Å². The molecule has 8 heteroatoms. The molecule has 0 rings (SSSR count). The minimum Gasteiger partial charge on any atom is 0 e. The minimum absolute atomic E-state index is 0. The number of rotatable bonds is 1. The van der Waals surface area contributed by atoms with Crippen LogP contribution in [-0.2, 0) is 60.1 Å². The van der Waals surface area contributed by atoms with E-state index in [-0.39, 0.29) is 52.2 Å². The van der Waals surface area contributed by atoms with Gasteiger partial charge in [0, 0.05) is 33.6 Å². The number of hydrogen-bond acceptors (Lipinski definition) is 2. The molecule has 0 saturated heterocycles. The molecule has 2 N–H and O–H groups in total. The monoisotopic (exact) mass is 274 g/mol. The van der Waals surface area contributed by atoms with Crippen molar-refractivity contribution in [3.63, 3.8) is 0 Å². The van der Waals surface area contributed by atoms with Crippen molar-refractivity contribution in [2.45, 2.75) is 0 Å². The molecule has 0 aliphatic carbocycles. The average Bonchev–Trinajstić information content (AvgIpc) is 1.35. The minimum atomic E-state index is -4.09. The van der Waals surface area contributed by atoms with Gasteiger partial charge in [0.2, 0.25) is 0 Å². The van der Waals surface area contributed by atoms with E-state index in [9.17, 15) is 4.57 Å². The van der Waals surface area contributed by atoms with Gasteiger partial charge in [-0.2, -0.15) is 0 Å². The molecule has 0 heterocycles. The van der Waals surface area contributed by atoms with Gasteiger partial charge in [-0.15, -0.1) is 0 Å². The van der Waals surface area contributed by atoms with Gasteiger partial charge in [-0.05, 0) is 0 Å². The van der Waals surface area contributed by atoms with E-state index >= 15 is 0 Å². The molecule has 0 spiro atoms. The largest absolute Gasteiger partial charge is 0 e. The second-order valence-electron chi connectivity index (χ2n) is 0.620. The standard InChI is InChI=1S/Mn.Ni.H3O4P.Zn/c;;1-5(2,3)4;/h;;(H3,1,2,3,4);/q;;;+1/p-1. The maximum absolute atomic E-state index is 9.50. The third-order valence-corrected chi connectivity index (χ3v) is 2.62. The molecule has 8 heavy (non-hydrogen) atoms. The summed E-state index contributed by atoms with van der Waals surface area (Å²) in [6.07, 6.45) is 0. The predicted molar refractivity (Wildman–Crippen MR) is 13.1 cm³/mol. The molecule has 1 radical (unpaired) electrons. The number of hydrogen-bond donors (Lipinski definition) is 2. The Morgan fingerprint density at radius 1 is 1.50 bits per heavy atom. The molecule has 0 unspecified atom stereocenters. The normalized spacial score (nSPS) is 9.00. The molecule has 0 aromatic rings. The van der Waals surface area contributed by atoms with Crippen LogP contribution in [0.1, 0.15) is 0 Å². The van der Waals surface area contributed by atoms with Crippen molar-refractivity contribution in [2.24, 2.45) is 0 Å². The van der Waals surface area contributed by atoms with Crippen LogP contribution in [0, 0.1) is 0 Å². The van der Waals surface area contributed by atoms with Gasteiger partial charge in [0.15, 0.2) is 0 Å². The molecule has 50 valence electrons. The van der Waals surface area contributed by atoms with Gasteiger partial charge in [0.05, 0.1) is 0 Å². The summed E-state index contributed by atoms with van der Waals surface area (Å²) in [4.78, 5) is 15.5. The fourth-order valence-corrected chi connectivity index (χ4v) is 0. The summed E-state index contributed by atoms with van der Waals surface area (Å²) in [5.41, 5.74) is 0. The second-order valence-corrected chi connectivity index (χ2v) is 3.48. The molecule has 0 atom stereocenters. The van der Waals surface area contributed by atoms with Crippen LogP contribution in [0.25, 0.3) is 0 Å². The molecule has 0 aromatic heterocycles. The van der Waals surface area contributed by atoms with Crippen LogP contribution in [0.5, 0.6) is 0 Å². The summed E-state index contributed by atoms with van der Waals surface area (Å²) in [7, 11) is -4.09. The molecule has 0 aromatic carbocycles. The van der Waals surface area contributed by atoms with Gasteiger partial charge in [-0.25, -0.2) is 0 Å². The summed E-state index contributed by atoms with van der Waals surface area (Å²) in [5, 5.41) is 0.